The van der Waals surface area contributed by atoms with Gasteiger partial charge in [0.1, 0.15) is 5.83 Å². The summed E-state index contributed by atoms with van der Waals surface area (Å²) in [6, 6.07) is 7.87. The molecule has 0 saturated carbocycles. The summed E-state index contributed by atoms with van der Waals surface area (Å²) in [5.41, 5.74) is 4.76. The maximum atomic E-state index is 12.8. The fraction of sp³-hybridized carbons (Fsp3) is 0.222. The van der Waals surface area contributed by atoms with E-state index in [1.165, 1.54) is 6.08 Å². The Balaban J connectivity index is 2.56. The third kappa shape index (κ3) is 3.63. The molecule has 2 aromatic rings. The molecule has 2 nitrogen and oxygen atoms in total. The van der Waals surface area contributed by atoms with Gasteiger partial charge in [0.2, 0.25) is 0 Å². The van der Waals surface area contributed by atoms with Gasteiger partial charge in [-0.2, -0.15) is 0 Å². The lowest BCUT2D eigenvalue weighted by Gasteiger charge is -2.11. The van der Waals surface area contributed by atoms with Gasteiger partial charge in [0.05, 0.1) is 11.4 Å². The molecule has 0 saturated heterocycles. The zero-order chi connectivity index (χ0) is 15.2. The topological polar surface area (TPSA) is 25.8 Å². The molecule has 0 aliphatic heterocycles. The number of aromatic nitrogens is 2. The average molecular weight is 282 g/mol. The predicted octanol–water partition coefficient (Wildman–Crippen LogP) is 4.76. The fourth-order valence-electron chi connectivity index (χ4n) is 2.21. The van der Waals surface area contributed by atoms with Gasteiger partial charge in [0.15, 0.2) is 0 Å². The molecule has 21 heavy (non-hydrogen) atoms. The SMILES string of the molecule is C=C(F)/C=C\c1cc(CC)c(-c2ccccn2)nc1CC. The predicted molar refractivity (Wildman–Crippen MR) is 85.5 cm³/mol. The van der Waals surface area contributed by atoms with E-state index in [9.17, 15) is 4.39 Å². The molecule has 2 heterocycles. The summed E-state index contributed by atoms with van der Waals surface area (Å²) in [7, 11) is 0. The number of pyridine rings is 2. The monoisotopic (exact) mass is 282 g/mol. The van der Waals surface area contributed by atoms with Gasteiger partial charge in [-0.05, 0) is 48.2 Å². The quantitative estimate of drug-likeness (QED) is 0.739. The summed E-state index contributed by atoms with van der Waals surface area (Å²) < 4.78 is 12.8. The average Bonchev–Trinajstić information content (AvgIpc) is 2.52. The first-order valence-electron chi connectivity index (χ1n) is 7.12. The maximum absolute atomic E-state index is 12.8. The number of allylic oxidation sites excluding steroid dienone is 2. The zero-order valence-electron chi connectivity index (χ0n) is 12.4. The lowest BCUT2D eigenvalue weighted by molar-refractivity contribution is 0.672. The molecule has 0 bridgehead atoms. The van der Waals surface area contributed by atoms with Crippen molar-refractivity contribution in [3.05, 3.63) is 65.8 Å². The highest BCUT2D eigenvalue weighted by molar-refractivity contribution is 5.64. The minimum Gasteiger partial charge on any atom is -0.255 e. The highest BCUT2D eigenvalue weighted by Crippen LogP contribution is 2.24. The second-order valence-corrected chi connectivity index (χ2v) is 4.73. The van der Waals surface area contributed by atoms with Crippen molar-refractivity contribution >= 4 is 6.08 Å². The van der Waals surface area contributed by atoms with E-state index in [-0.39, 0.29) is 0 Å². The second kappa shape index (κ2) is 6.93. The summed E-state index contributed by atoms with van der Waals surface area (Å²) in [6.07, 6.45) is 6.50. The Kier molecular flexibility index (Phi) is 4.99. The van der Waals surface area contributed by atoms with Gasteiger partial charge >= 0.3 is 0 Å². The van der Waals surface area contributed by atoms with Gasteiger partial charge in [-0.1, -0.05) is 32.6 Å². The van der Waals surface area contributed by atoms with E-state index in [1.54, 1.807) is 12.3 Å². The molecule has 0 unspecified atom stereocenters. The van der Waals surface area contributed by atoms with Crippen molar-refractivity contribution in [2.75, 3.05) is 0 Å². The first kappa shape index (κ1) is 15.1. The molecule has 108 valence electrons. The van der Waals surface area contributed by atoms with Crippen LogP contribution in [0.3, 0.4) is 0 Å². The highest BCUT2D eigenvalue weighted by Gasteiger charge is 2.11. The van der Waals surface area contributed by atoms with Gasteiger partial charge in [0, 0.05) is 11.9 Å². The Morgan fingerprint density at radius 2 is 2.10 bits per heavy atom. The van der Waals surface area contributed by atoms with Crippen LogP contribution in [0.2, 0.25) is 0 Å². The Labute approximate surface area is 125 Å². The number of halogens is 1. The Morgan fingerprint density at radius 1 is 1.29 bits per heavy atom. The molecule has 0 aliphatic rings. The summed E-state index contributed by atoms with van der Waals surface area (Å²) >= 11 is 0. The van der Waals surface area contributed by atoms with E-state index in [0.29, 0.717) is 0 Å². The molecule has 0 spiro atoms. The molecule has 0 atom stereocenters. The first-order valence-corrected chi connectivity index (χ1v) is 7.12. The zero-order valence-corrected chi connectivity index (χ0v) is 12.4. The normalized spacial score (nSPS) is 11.0. The van der Waals surface area contributed by atoms with E-state index in [2.05, 4.69) is 24.6 Å². The van der Waals surface area contributed by atoms with Crippen LogP contribution in [0.15, 0.2) is 48.9 Å². The summed E-state index contributed by atoms with van der Waals surface area (Å²) in [4.78, 5) is 9.13. The third-order valence-corrected chi connectivity index (χ3v) is 3.28. The van der Waals surface area contributed by atoms with Crippen LogP contribution in [0.1, 0.15) is 30.7 Å². The van der Waals surface area contributed by atoms with Crippen LogP contribution in [0, 0.1) is 0 Å². The molecule has 2 rings (SSSR count). The van der Waals surface area contributed by atoms with E-state index >= 15 is 0 Å². The van der Waals surface area contributed by atoms with Crippen molar-refractivity contribution in [1.82, 2.24) is 9.97 Å². The molecule has 2 aromatic heterocycles. The van der Waals surface area contributed by atoms with Crippen molar-refractivity contribution in [2.24, 2.45) is 0 Å². The third-order valence-electron chi connectivity index (χ3n) is 3.28. The molecule has 0 radical (unpaired) electrons. The number of hydrogen-bond donors (Lipinski definition) is 0. The molecule has 0 N–H and O–H groups in total. The molecular weight excluding hydrogens is 263 g/mol. The van der Waals surface area contributed by atoms with Gasteiger partial charge in [-0.3, -0.25) is 9.97 Å². The first-order chi connectivity index (χ1) is 10.2. The Morgan fingerprint density at radius 3 is 2.67 bits per heavy atom. The van der Waals surface area contributed by atoms with Gasteiger partial charge in [-0.15, -0.1) is 0 Å². The lowest BCUT2D eigenvalue weighted by atomic mass is 10.0. The van der Waals surface area contributed by atoms with E-state index < -0.39 is 5.83 Å². The van der Waals surface area contributed by atoms with Crippen molar-refractivity contribution in [1.29, 1.82) is 0 Å². The van der Waals surface area contributed by atoms with Crippen molar-refractivity contribution in [3.8, 4) is 11.4 Å². The van der Waals surface area contributed by atoms with E-state index in [4.69, 9.17) is 4.98 Å². The number of rotatable bonds is 5. The van der Waals surface area contributed by atoms with Crippen LogP contribution in [0.25, 0.3) is 17.5 Å². The van der Waals surface area contributed by atoms with Crippen LogP contribution < -0.4 is 0 Å². The summed E-state index contributed by atoms with van der Waals surface area (Å²) in [5.74, 6) is -0.455. The number of nitrogens with zero attached hydrogens (tertiary/aromatic N) is 2. The largest absolute Gasteiger partial charge is 0.255 e. The van der Waals surface area contributed by atoms with Gasteiger partial charge < -0.3 is 0 Å². The van der Waals surface area contributed by atoms with Gasteiger partial charge in [-0.25, -0.2) is 4.39 Å². The number of aryl methyl sites for hydroxylation is 2. The summed E-state index contributed by atoms with van der Waals surface area (Å²) in [6.45, 7) is 7.37. The fourth-order valence-corrected chi connectivity index (χ4v) is 2.21. The van der Waals surface area contributed by atoms with Crippen LogP contribution in [-0.2, 0) is 12.8 Å². The van der Waals surface area contributed by atoms with Crippen molar-refractivity contribution in [2.45, 2.75) is 26.7 Å². The van der Waals surface area contributed by atoms with Crippen LogP contribution in [0.5, 0.6) is 0 Å². The van der Waals surface area contributed by atoms with E-state index in [0.717, 1.165) is 41.1 Å². The molecule has 0 fully saturated rings. The van der Waals surface area contributed by atoms with Gasteiger partial charge in [0.25, 0.3) is 0 Å². The smallest absolute Gasteiger partial charge is 0.116 e. The second-order valence-electron chi connectivity index (χ2n) is 4.73. The standard InChI is InChI=1S/C18H19FN2/c1-4-14-12-15(10-9-13(3)19)16(5-2)21-18(14)17-8-6-7-11-20-17/h6-12H,3-5H2,1-2H3/b10-9-. The highest BCUT2D eigenvalue weighted by atomic mass is 19.1. The Bertz CT molecular complexity index is 660. The van der Waals surface area contributed by atoms with Crippen molar-refractivity contribution < 1.29 is 4.39 Å². The maximum Gasteiger partial charge on any atom is 0.116 e. The van der Waals surface area contributed by atoms with Crippen molar-refractivity contribution in [3.63, 3.8) is 0 Å². The number of hydrogen-bond acceptors (Lipinski definition) is 2. The van der Waals surface area contributed by atoms with Crippen LogP contribution >= 0.6 is 0 Å². The Hall–Kier alpha value is -2.29. The molecule has 0 aliphatic carbocycles. The lowest BCUT2D eigenvalue weighted by Crippen LogP contribution is -2.01. The molecule has 3 heteroatoms. The molecule has 0 aromatic carbocycles. The minimum atomic E-state index is -0.455. The van der Waals surface area contributed by atoms with Crippen LogP contribution in [-0.4, -0.2) is 9.97 Å². The van der Waals surface area contributed by atoms with E-state index in [1.807, 2.05) is 25.1 Å². The molecular formula is C18H19FN2. The van der Waals surface area contributed by atoms with Crippen LogP contribution in [0.4, 0.5) is 4.39 Å². The minimum absolute atomic E-state index is 0.455. The summed E-state index contributed by atoms with van der Waals surface area (Å²) in [5, 5.41) is 0. The molecule has 0 amide bonds.